The lowest BCUT2D eigenvalue weighted by Gasteiger charge is -2.34. The summed E-state index contributed by atoms with van der Waals surface area (Å²) in [5.41, 5.74) is 1.18. The summed E-state index contributed by atoms with van der Waals surface area (Å²) in [7, 11) is 0. The highest BCUT2D eigenvalue weighted by Crippen LogP contribution is 2.38. The zero-order valence-electron chi connectivity index (χ0n) is 11.3. The van der Waals surface area contributed by atoms with Crippen molar-refractivity contribution in [1.29, 1.82) is 0 Å². The first kappa shape index (κ1) is 13.0. The molecule has 2 heteroatoms. The van der Waals surface area contributed by atoms with Crippen molar-refractivity contribution in [3.8, 4) is 0 Å². The Kier molecular flexibility index (Phi) is 3.38. The summed E-state index contributed by atoms with van der Waals surface area (Å²) >= 11 is 0. The van der Waals surface area contributed by atoms with Crippen LogP contribution in [0, 0.1) is 5.92 Å². The minimum absolute atomic E-state index is 0.0300. The van der Waals surface area contributed by atoms with Crippen LogP contribution in [0.4, 0.5) is 0 Å². The zero-order chi connectivity index (χ0) is 13.3. The molecule has 2 rings (SSSR count). The highest BCUT2D eigenvalue weighted by molar-refractivity contribution is 6.15. The van der Waals surface area contributed by atoms with Crippen molar-refractivity contribution in [2.24, 2.45) is 5.92 Å². The third kappa shape index (κ3) is 2.12. The number of carbonyl (C=O) groups excluding carboxylic acids is 2. The van der Waals surface area contributed by atoms with E-state index >= 15 is 0 Å². The fraction of sp³-hybridized carbons (Fsp3) is 0.500. The van der Waals surface area contributed by atoms with Gasteiger partial charge in [0.1, 0.15) is 0 Å². The Morgan fingerprint density at radius 1 is 1.22 bits per heavy atom. The number of ketones is 2. The van der Waals surface area contributed by atoms with Crippen LogP contribution in [0.5, 0.6) is 0 Å². The Hall–Kier alpha value is -1.44. The molecule has 0 amide bonds. The molecule has 1 aromatic rings. The topological polar surface area (TPSA) is 34.1 Å². The molecule has 0 saturated carbocycles. The number of hydrogen-bond donors (Lipinski definition) is 0. The highest BCUT2D eigenvalue weighted by Gasteiger charge is 2.41. The first-order valence-corrected chi connectivity index (χ1v) is 6.61. The van der Waals surface area contributed by atoms with Gasteiger partial charge in [0.25, 0.3) is 0 Å². The van der Waals surface area contributed by atoms with Gasteiger partial charge in [0, 0.05) is 5.56 Å². The molecule has 1 aromatic carbocycles. The van der Waals surface area contributed by atoms with Gasteiger partial charge in [0.15, 0.2) is 11.6 Å². The van der Waals surface area contributed by atoms with E-state index in [1.54, 1.807) is 0 Å². The van der Waals surface area contributed by atoms with Crippen molar-refractivity contribution < 1.29 is 9.59 Å². The molecule has 0 N–H and O–H groups in total. The van der Waals surface area contributed by atoms with Crippen molar-refractivity contribution >= 4 is 11.6 Å². The molecule has 0 radical (unpaired) electrons. The zero-order valence-corrected chi connectivity index (χ0v) is 11.3. The maximum atomic E-state index is 12.3. The lowest BCUT2D eigenvalue weighted by atomic mass is 9.67. The van der Waals surface area contributed by atoms with Crippen LogP contribution in [0.2, 0.25) is 0 Å². The number of Topliss-reactive ketones (excluding diaryl/α,β-unsaturated/α-hetero) is 2. The van der Waals surface area contributed by atoms with E-state index in [-0.39, 0.29) is 18.0 Å². The molecule has 0 aromatic heterocycles. The predicted molar refractivity (Wildman–Crippen MR) is 71.8 cm³/mol. The van der Waals surface area contributed by atoms with E-state index in [1.165, 1.54) is 0 Å². The molecule has 2 nitrogen and oxygen atoms in total. The number of benzene rings is 1. The van der Waals surface area contributed by atoms with E-state index in [9.17, 15) is 9.59 Å². The van der Waals surface area contributed by atoms with Gasteiger partial charge in [-0.05, 0) is 31.2 Å². The Morgan fingerprint density at radius 3 is 2.56 bits per heavy atom. The third-order valence-corrected chi connectivity index (χ3v) is 3.98. The van der Waals surface area contributed by atoms with Crippen LogP contribution in [-0.2, 0) is 10.2 Å². The lowest BCUT2D eigenvalue weighted by molar-refractivity contribution is -0.123. The quantitative estimate of drug-likeness (QED) is 0.762. The molecule has 1 aliphatic carbocycles. The van der Waals surface area contributed by atoms with E-state index in [0.29, 0.717) is 5.92 Å². The van der Waals surface area contributed by atoms with E-state index in [2.05, 4.69) is 13.8 Å². The molecule has 96 valence electrons. The van der Waals surface area contributed by atoms with Gasteiger partial charge in [-0.1, -0.05) is 38.1 Å². The minimum Gasteiger partial charge on any atom is -0.298 e. The van der Waals surface area contributed by atoms with Gasteiger partial charge in [0.05, 0.1) is 11.8 Å². The van der Waals surface area contributed by atoms with Crippen LogP contribution in [0.3, 0.4) is 0 Å². The first-order valence-electron chi connectivity index (χ1n) is 6.61. The summed E-state index contributed by atoms with van der Waals surface area (Å²) in [5.74, 6) is 0.615. The summed E-state index contributed by atoms with van der Waals surface area (Å²) in [4.78, 5) is 24.2. The molecule has 0 unspecified atom stereocenters. The maximum Gasteiger partial charge on any atom is 0.170 e. The maximum absolute atomic E-state index is 12.3. The van der Waals surface area contributed by atoms with Crippen LogP contribution in [0.15, 0.2) is 24.3 Å². The van der Waals surface area contributed by atoms with Gasteiger partial charge in [-0.3, -0.25) is 9.59 Å². The normalized spacial score (nSPS) is 23.3. The molecule has 0 saturated heterocycles. The number of hydrogen-bond acceptors (Lipinski definition) is 2. The van der Waals surface area contributed by atoms with Gasteiger partial charge in [-0.15, -0.1) is 0 Å². The molecule has 0 heterocycles. The molecule has 1 atom stereocenters. The minimum atomic E-state index is -0.477. The second kappa shape index (κ2) is 4.68. The second-order valence-electron chi connectivity index (χ2n) is 5.83. The monoisotopic (exact) mass is 244 g/mol. The Bertz CT molecular complexity index is 488. The number of carbonyl (C=O) groups is 2. The molecule has 1 aliphatic rings. The number of rotatable bonds is 3. The molecule has 18 heavy (non-hydrogen) atoms. The van der Waals surface area contributed by atoms with Gasteiger partial charge in [0.2, 0.25) is 0 Å². The van der Waals surface area contributed by atoms with Gasteiger partial charge in [-0.25, -0.2) is 0 Å². The van der Waals surface area contributed by atoms with E-state index in [0.717, 1.165) is 24.0 Å². The second-order valence-corrected chi connectivity index (χ2v) is 5.83. The van der Waals surface area contributed by atoms with Crippen molar-refractivity contribution in [2.75, 3.05) is 0 Å². The summed E-state index contributed by atoms with van der Waals surface area (Å²) in [5, 5.41) is 0. The van der Waals surface area contributed by atoms with Crippen molar-refractivity contribution in [3.05, 3.63) is 35.4 Å². The first-order chi connectivity index (χ1) is 8.45. The third-order valence-electron chi connectivity index (χ3n) is 3.98. The van der Waals surface area contributed by atoms with Crippen LogP contribution >= 0.6 is 0 Å². The van der Waals surface area contributed by atoms with Gasteiger partial charge >= 0.3 is 0 Å². The van der Waals surface area contributed by atoms with Crippen LogP contribution in [0.1, 0.15) is 56.0 Å². The Labute approximate surface area is 108 Å². The Morgan fingerprint density at radius 2 is 1.89 bits per heavy atom. The molecule has 0 spiro atoms. The molecule has 0 aliphatic heterocycles. The van der Waals surface area contributed by atoms with Crippen LogP contribution in [-0.4, -0.2) is 11.6 Å². The molecule has 0 fully saturated rings. The van der Waals surface area contributed by atoms with Gasteiger partial charge < -0.3 is 0 Å². The SMILES string of the molecule is CC(C)CC[C@]1(C)C(=O)CC(=O)c2ccccc21. The van der Waals surface area contributed by atoms with Crippen LogP contribution in [0.25, 0.3) is 0 Å². The Balaban J connectivity index is 2.43. The standard InChI is InChI=1S/C16H20O2/c1-11(2)8-9-16(3)13-7-5-4-6-12(13)14(17)10-15(16)18/h4-7,11H,8-10H2,1-3H3/t16-/m0/s1. The summed E-state index contributed by atoms with van der Waals surface area (Å²) in [6, 6.07) is 7.57. The van der Waals surface area contributed by atoms with Gasteiger partial charge in [-0.2, -0.15) is 0 Å². The summed E-state index contributed by atoms with van der Waals surface area (Å²) in [6.45, 7) is 6.31. The largest absolute Gasteiger partial charge is 0.298 e. The summed E-state index contributed by atoms with van der Waals surface area (Å²) < 4.78 is 0. The van der Waals surface area contributed by atoms with E-state index in [4.69, 9.17) is 0 Å². The molecular weight excluding hydrogens is 224 g/mol. The fourth-order valence-corrected chi connectivity index (χ4v) is 2.65. The fourth-order valence-electron chi connectivity index (χ4n) is 2.65. The van der Waals surface area contributed by atoms with Crippen molar-refractivity contribution in [1.82, 2.24) is 0 Å². The average molecular weight is 244 g/mol. The van der Waals surface area contributed by atoms with E-state index < -0.39 is 5.41 Å². The van der Waals surface area contributed by atoms with Crippen LogP contribution < -0.4 is 0 Å². The smallest absolute Gasteiger partial charge is 0.170 e. The summed E-state index contributed by atoms with van der Waals surface area (Å²) in [6.07, 6.45) is 1.89. The number of fused-ring (bicyclic) bond motifs is 1. The highest BCUT2D eigenvalue weighted by atomic mass is 16.2. The lowest BCUT2D eigenvalue weighted by Crippen LogP contribution is -2.40. The molecular formula is C16H20O2. The van der Waals surface area contributed by atoms with Crippen molar-refractivity contribution in [2.45, 2.75) is 45.4 Å². The molecule has 0 bridgehead atoms. The predicted octanol–water partition coefficient (Wildman–Crippen LogP) is 3.54. The van der Waals surface area contributed by atoms with Crippen molar-refractivity contribution in [3.63, 3.8) is 0 Å². The van der Waals surface area contributed by atoms with E-state index in [1.807, 2.05) is 31.2 Å². The average Bonchev–Trinajstić information content (AvgIpc) is 2.34.